The lowest BCUT2D eigenvalue weighted by Crippen LogP contribution is -2.34. The average Bonchev–Trinajstić information content (AvgIpc) is 2.67. The molecular formula is C13H15NO2S. The van der Waals surface area contributed by atoms with Crippen LogP contribution in [0.15, 0.2) is 24.3 Å². The summed E-state index contributed by atoms with van der Waals surface area (Å²) in [5.41, 5.74) is 1.01. The van der Waals surface area contributed by atoms with Crippen LogP contribution in [0.25, 0.3) is 10.1 Å². The number of carbonyl (C=O) groups is 1. The van der Waals surface area contributed by atoms with Crippen LogP contribution in [0.3, 0.4) is 0 Å². The molecule has 1 unspecified atom stereocenters. The number of nitrogens with one attached hydrogen (secondary N) is 1. The second kappa shape index (κ2) is 4.85. The molecule has 2 aromatic rings. The average molecular weight is 249 g/mol. The fourth-order valence-corrected chi connectivity index (χ4v) is 2.84. The molecule has 90 valence electrons. The zero-order valence-corrected chi connectivity index (χ0v) is 10.7. The second-order valence-corrected chi connectivity index (χ2v) is 5.16. The highest BCUT2D eigenvalue weighted by Crippen LogP contribution is 2.30. The van der Waals surface area contributed by atoms with Gasteiger partial charge in [0.1, 0.15) is 0 Å². The first-order valence-electron chi connectivity index (χ1n) is 5.53. The van der Waals surface area contributed by atoms with E-state index in [1.807, 2.05) is 31.2 Å². The first kappa shape index (κ1) is 12.1. The number of hydrogen-bond donors (Lipinski definition) is 2. The monoisotopic (exact) mass is 249 g/mol. The molecule has 1 amide bonds. The Labute approximate surface area is 104 Å². The molecular weight excluding hydrogens is 234 g/mol. The fraction of sp³-hybridized carbons (Fsp3) is 0.308. The number of fused-ring (bicyclic) bond motifs is 1. The van der Waals surface area contributed by atoms with Crippen molar-refractivity contribution < 1.29 is 9.90 Å². The highest BCUT2D eigenvalue weighted by Gasteiger charge is 2.16. The number of aryl methyl sites for hydroxylation is 1. The van der Waals surface area contributed by atoms with Crippen LogP contribution >= 0.6 is 11.3 Å². The molecule has 0 fully saturated rings. The Hall–Kier alpha value is -1.39. The zero-order chi connectivity index (χ0) is 12.4. The summed E-state index contributed by atoms with van der Waals surface area (Å²) in [5, 5.41) is 12.8. The lowest BCUT2D eigenvalue weighted by molar-refractivity contribution is 0.0926. The maximum Gasteiger partial charge on any atom is 0.261 e. The molecule has 0 aliphatic carbocycles. The lowest BCUT2D eigenvalue weighted by Gasteiger charge is -2.09. The van der Waals surface area contributed by atoms with Gasteiger partial charge in [-0.25, -0.2) is 0 Å². The topological polar surface area (TPSA) is 49.3 Å². The maximum absolute atomic E-state index is 12.0. The van der Waals surface area contributed by atoms with Gasteiger partial charge in [-0.3, -0.25) is 4.79 Å². The van der Waals surface area contributed by atoms with Crippen molar-refractivity contribution in [3.05, 3.63) is 34.7 Å². The Morgan fingerprint density at radius 1 is 1.47 bits per heavy atom. The smallest absolute Gasteiger partial charge is 0.261 e. The van der Waals surface area contributed by atoms with Crippen molar-refractivity contribution >= 4 is 27.3 Å². The molecule has 17 heavy (non-hydrogen) atoms. The molecule has 0 radical (unpaired) electrons. The van der Waals surface area contributed by atoms with Crippen molar-refractivity contribution in [3.63, 3.8) is 0 Å². The third-order valence-electron chi connectivity index (χ3n) is 2.70. The van der Waals surface area contributed by atoms with Gasteiger partial charge in [-0.15, -0.1) is 11.3 Å². The van der Waals surface area contributed by atoms with Gasteiger partial charge in [0.05, 0.1) is 11.5 Å². The minimum atomic E-state index is -0.216. The number of thiophene rings is 1. The molecule has 3 nitrogen and oxygen atoms in total. The molecule has 1 atom stereocenters. The molecule has 2 N–H and O–H groups in total. The Balaban J connectivity index is 2.35. The molecule has 0 aliphatic rings. The highest BCUT2D eigenvalue weighted by atomic mass is 32.1. The van der Waals surface area contributed by atoms with Gasteiger partial charge in [-0.1, -0.05) is 18.2 Å². The molecule has 0 bridgehead atoms. The molecule has 4 heteroatoms. The van der Waals surface area contributed by atoms with Gasteiger partial charge in [-0.05, 0) is 30.9 Å². The van der Waals surface area contributed by atoms with Crippen LogP contribution in [0.2, 0.25) is 0 Å². The molecule has 0 aliphatic heterocycles. The third-order valence-corrected chi connectivity index (χ3v) is 3.97. The van der Waals surface area contributed by atoms with Crippen molar-refractivity contribution in [1.82, 2.24) is 5.32 Å². The van der Waals surface area contributed by atoms with Crippen LogP contribution in [0, 0.1) is 6.92 Å². The number of amides is 1. The first-order valence-corrected chi connectivity index (χ1v) is 6.35. The molecule has 0 saturated carbocycles. The molecule has 2 rings (SSSR count). The zero-order valence-electron chi connectivity index (χ0n) is 9.86. The van der Waals surface area contributed by atoms with E-state index in [0.29, 0.717) is 0 Å². The standard InChI is InChI=1S/C13H15NO2S/c1-8(7-15)14-13(16)12-9(2)10-5-3-4-6-11(10)17-12/h3-6,8,15H,7H2,1-2H3,(H,14,16). The van der Waals surface area contributed by atoms with Gasteiger partial charge >= 0.3 is 0 Å². The predicted octanol–water partition coefficient (Wildman–Crippen LogP) is 2.32. The largest absolute Gasteiger partial charge is 0.394 e. The first-order chi connectivity index (χ1) is 8.13. The molecule has 1 aromatic heterocycles. The van der Waals surface area contributed by atoms with E-state index in [4.69, 9.17) is 5.11 Å². The summed E-state index contributed by atoms with van der Waals surface area (Å²) in [4.78, 5) is 12.7. The maximum atomic E-state index is 12.0. The quantitative estimate of drug-likeness (QED) is 0.877. The van der Waals surface area contributed by atoms with E-state index in [-0.39, 0.29) is 18.6 Å². The summed E-state index contributed by atoms with van der Waals surface area (Å²) in [6.07, 6.45) is 0. The Morgan fingerprint density at radius 3 is 2.82 bits per heavy atom. The second-order valence-electron chi connectivity index (χ2n) is 4.11. The van der Waals surface area contributed by atoms with Crippen molar-refractivity contribution in [1.29, 1.82) is 0 Å². The van der Waals surface area contributed by atoms with Gasteiger partial charge in [0.2, 0.25) is 0 Å². The summed E-state index contributed by atoms with van der Waals surface area (Å²) in [5.74, 6) is -0.106. The van der Waals surface area contributed by atoms with Crippen LogP contribution < -0.4 is 5.32 Å². The fourth-order valence-electron chi connectivity index (χ4n) is 1.73. The van der Waals surface area contributed by atoms with Gasteiger partial charge in [0, 0.05) is 10.7 Å². The van der Waals surface area contributed by atoms with Crippen LogP contribution in [0.4, 0.5) is 0 Å². The predicted molar refractivity (Wildman–Crippen MR) is 70.6 cm³/mol. The van der Waals surface area contributed by atoms with Gasteiger partial charge in [0.25, 0.3) is 5.91 Å². The van der Waals surface area contributed by atoms with Gasteiger partial charge in [-0.2, -0.15) is 0 Å². The van der Waals surface area contributed by atoms with Crippen LogP contribution in [0.1, 0.15) is 22.2 Å². The minimum absolute atomic E-state index is 0.0459. The van der Waals surface area contributed by atoms with E-state index in [9.17, 15) is 4.79 Å². The Bertz CT molecular complexity index is 547. The van der Waals surface area contributed by atoms with Gasteiger partial charge < -0.3 is 10.4 Å². The van der Waals surface area contributed by atoms with E-state index in [2.05, 4.69) is 5.32 Å². The van der Waals surface area contributed by atoms with Crippen LogP contribution in [0.5, 0.6) is 0 Å². The summed E-state index contributed by atoms with van der Waals surface area (Å²) < 4.78 is 1.12. The van der Waals surface area contributed by atoms with E-state index in [0.717, 1.165) is 20.5 Å². The number of rotatable bonds is 3. The van der Waals surface area contributed by atoms with E-state index >= 15 is 0 Å². The van der Waals surface area contributed by atoms with Crippen molar-refractivity contribution in [2.24, 2.45) is 0 Å². The summed E-state index contributed by atoms with van der Waals surface area (Å²) in [6.45, 7) is 3.69. The summed E-state index contributed by atoms with van der Waals surface area (Å²) >= 11 is 1.49. The third kappa shape index (κ3) is 2.33. The highest BCUT2D eigenvalue weighted by molar-refractivity contribution is 7.21. The molecule has 0 saturated heterocycles. The van der Waals surface area contributed by atoms with Crippen molar-refractivity contribution in [2.45, 2.75) is 19.9 Å². The Morgan fingerprint density at radius 2 is 2.18 bits per heavy atom. The molecule has 1 aromatic carbocycles. The number of carbonyl (C=O) groups excluding carboxylic acids is 1. The summed E-state index contributed by atoms with van der Waals surface area (Å²) in [7, 11) is 0. The lowest BCUT2D eigenvalue weighted by atomic mass is 10.1. The van der Waals surface area contributed by atoms with E-state index in [1.54, 1.807) is 6.92 Å². The minimum Gasteiger partial charge on any atom is -0.394 e. The van der Waals surface area contributed by atoms with Crippen molar-refractivity contribution in [2.75, 3.05) is 6.61 Å². The number of hydrogen-bond acceptors (Lipinski definition) is 3. The van der Waals surface area contributed by atoms with E-state index < -0.39 is 0 Å². The van der Waals surface area contributed by atoms with Crippen LogP contribution in [-0.2, 0) is 0 Å². The van der Waals surface area contributed by atoms with Gasteiger partial charge in [0.15, 0.2) is 0 Å². The Kier molecular flexibility index (Phi) is 3.45. The number of aliphatic hydroxyl groups is 1. The van der Waals surface area contributed by atoms with Crippen LogP contribution in [-0.4, -0.2) is 23.7 Å². The summed E-state index contributed by atoms with van der Waals surface area (Å²) in [6, 6.07) is 7.76. The van der Waals surface area contributed by atoms with Crippen molar-refractivity contribution in [3.8, 4) is 0 Å². The normalized spacial score (nSPS) is 12.6. The number of aliphatic hydroxyl groups excluding tert-OH is 1. The number of benzene rings is 1. The van der Waals surface area contributed by atoms with E-state index in [1.165, 1.54) is 11.3 Å². The molecule has 1 heterocycles. The molecule has 0 spiro atoms. The SMILES string of the molecule is Cc1c(C(=O)NC(C)CO)sc2ccccc12.